The highest BCUT2D eigenvalue weighted by molar-refractivity contribution is 6.88. The van der Waals surface area contributed by atoms with Crippen molar-refractivity contribution in [2.24, 2.45) is 0 Å². The van der Waals surface area contributed by atoms with Crippen molar-refractivity contribution < 1.29 is 14.3 Å². The predicted octanol–water partition coefficient (Wildman–Crippen LogP) is 2.49. The summed E-state index contributed by atoms with van der Waals surface area (Å²) in [4.78, 5) is 23.4. The molecule has 0 radical (unpaired) electrons. The van der Waals surface area contributed by atoms with Crippen LogP contribution in [0.3, 0.4) is 0 Å². The minimum Gasteiger partial charge on any atom is -0.393 e. The summed E-state index contributed by atoms with van der Waals surface area (Å²) in [6, 6.07) is 0. The standard InChI is InChI=1S/C10H20O3Si2/c1-14(2,3)7-8(15(4,5)6)10(12)13-9(7)11/h7-8H,1-6H3/t7-,8-/m1/s1. The molecule has 1 aliphatic rings. The first-order valence-corrected chi connectivity index (χ1v) is 12.5. The molecule has 3 nitrogen and oxygen atoms in total. The Morgan fingerprint density at radius 3 is 1.27 bits per heavy atom. The van der Waals surface area contributed by atoms with Gasteiger partial charge in [0.15, 0.2) is 0 Å². The Morgan fingerprint density at radius 1 is 0.800 bits per heavy atom. The molecule has 0 aliphatic carbocycles. The van der Waals surface area contributed by atoms with Gasteiger partial charge in [0.05, 0.1) is 27.2 Å². The molecule has 1 rings (SSSR count). The number of carbonyl (C=O) groups excluding carboxylic acids is 2. The Kier molecular flexibility index (Phi) is 3.00. The molecule has 0 bridgehead atoms. The number of cyclic esters (lactones) is 2. The number of hydrogen-bond donors (Lipinski definition) is 0. The van der Waals surface area contributed by atoms with Gasteiger partial charge in [-0.15, -0.1) is 0 Å². The highest BCUT2D eigenvalue weighted by Gasteiger charge is 2.55. The molecule has 0 unspecified atom stereocenters. The number of carbonyl (C=O) groups is 2. The fourth-order valence-corrected chi connectivity index (χ4v) is 9.01. The van der Waals surface area contributed by atoms with Crippen LogP contribution in [0, 0.1) is 0 Å². The van der Waals surface area contributed by atoms with E-state index in [1.165, 1.54) is 0 Å². The summed E-state index contributed by atoms with van der Waals surface area (Å²) in [6.45, 7) is 12.8. The zero-order valence-corrected chi connectivity index (χ0v) is 12.4. The van der Waals surface area contributed by atoms with E-state index in [0.29, 0.717) is 0 Å². The third kappa shape index (κ3) is 2.39. The molecule has 0 amide bonds. The molecule has 0 N–H and O–H groups in total. The van der Waals surface area contributed by atoms with Crippen LogP contribution in [-0.2, 0) is 14.3 Å². The lowest BCUT2D eigenvalue weighted by Gasteiger charge is -2.31. The van der Waals surface area contributed by atoms with Crippen molar-refractivity contribution in [3.05, 3.63) is 0 Å². The summed E-state index contributed by atoms with van der Waals surface area (Å²) in [6.07, 6.45) is 0. The summed E-state index contributed by atoms with van der Waals surface area (Å²) < 4.78 is 4.83. The SMILES string of the molecule is C[Si](C)(C)[C@H]1C(=O)OC(=O)[C@@H]1[Si](C)(C)C. The molecule has 1 fully saturated rings. The number of rotatable bonds is 2. The van der Waals surface area contributed by atoms with Crippen molar-refractivity contribution in [3.63, 3.8) is 0 Å². The Morgan fingerprint density at radius 2 is 1.07 bits per heavy atom. The fraction of sp³-hybridized carbons (Fsp3) is 0.800. The normalized spacial score (nSPS) is 28.1. The second kappa shape index (κ2) is 3.55. The largest absolute Gasteiger partial charge is 0.393 e. The summed E-state index contributed by atoms with van der Waals surface area (Å²) >= 11 is 0. The van der Waals surface area contributed by atoms with E-state index in [9.17, 15) is 9.59 Å². The van der Waals surface area contributed by atoms with Crippen LogP contribution in [0.5, 0.6) is 0 Å². The molecule has 0 saturated carbocycles. The van der Waals surface area contributed by atoms with Gasteiger partial charge in [-0.25, -0.2) is 0 Å². The maximum atomic E-state index is 11.7. The van der Waals surface area contributed by atoms with Crippen LogP contribution >= 0.6 is 0 Å². The third-order valence-corrected chi connectivity index (χ3v) is 8.11. The molecule has 1 heterocycles. The Bertz CT molecular complexity index is 269. The quantitative estimate of drug-likeness (QED) is 0.426. The lowest BCUT2D eigenvalue weighted by molar-refractivity contribution is -0.152. The molecule has 0 aromatic rings. The van der Waals surface area contributed by atoms with Crippen molar-refractivity contribution in [2.75, 3.05) is 0 Å². The summed E-state index contributed by atoms with van der Waals surface area (Å²) in [7, 11) is -3.33. The Balaban J connectivity index is 3.12. The van der Waals surface area contributed by atoms with Gasteiger partial charge in [0.2, 0.25) is 0 Å². The Hall–Kier alpha value is -0.426. The topological polar surface area (TPSA) is 43.4 Å². The molecular weight excluding hydrogens is 224 g/mol. The van der Waals surface area contributed by atoms with E-state index in [1.54, 1.807) is 0 Å². The van der Waals surface area contributed by atoms with E-state index < -0.39 is 16.1 Å². The maximum absolute atomic E-state index is 11.7. The minimum atomic E-state index is -1.66. The molecular formula is C10H20O3Si2. The predicted molar refractivity (Wildman–Crippen MR) is 65.3 cm³/mol. The highest BCUT2D eigenvalue weighted by Crippen LogP contribution is 2.46. The van der Waals surface area contributed by atoms with Crippen molar-refractivity contribution in [1.82, 2.24) is 0 Å². The van der Waals surface area contributed by atoms with Gasteiger partial charge in [0, 0.05) is 0 Å². The molecule has 2 atom stereocenters. The van der Waals surface area contributed by atoms with Crippen LogP contribution in [0.1, 0.15) is 0 Å². The smallest absolute Gasteiger partial charge is 0.314 e. The zero-order valence-electron chi connectivity index (χ0n) is 10.4. The summed E-state index contributed by atoms with van der Waals surface area (Å²) in [5.41, 5.74) is -0.256. The summed E-state index contributed by atoms with van der Waals surface area (Å²) in [5, 5.41) is 0. The molecule has 5 heteroatoms. The van der Waals surface area contributed by atoms with Crippen LogP contribution in [0.4, 0.5) is 0 Å². The molecule has 86 valence electrons. The van der Waals surface area contributed by atoms with Crippen molar-refractivity contribution >= 4 is 28.1 Å². The van der Waals surface area contributed by atoms with Crippen molar-refractivity contribution in [3.8, 4) is 0 Å². The van der Waals surface area contributed by atoms with Crippen molar-refractivity contribution in [2.45, 2.75) is 50.4 Å². The van der Waals surface area contributed by atoms with E-state index in [1.807, 2.05) is 0 Å². The summed E-state index contributed by atoms with van der Waals surface area (Å²) in [5.74, 6) is -0.543. The van der Waals surface area contributed by atoms with Crippen molar-refractivity contribution in [1.29, 1.82) is 0 Å². The minimum absolute atomic E-state index is 0.128. The molecule has 0 spiro atoms. The average molecular weight is 244 g/mol. The molecule has 0 aromatic carbocycles. The number of hydrogen-bond acceptors (Lipinski definition) is 3. The monoisotopic (exact) mass is 244 g/mol. The van der Waals surface area contributed by atoms with Gasteiger partial charge in [-0.1, -0.05) is 39.3 Å². The second-order valence-electron chi connectivity index (χ2n) is 6.43. The van der Waals surface area contributed by atoms with Gasteiger partial charge in [-0.3, -0.25) is 9.59 Å². The van der Waals surface area contributed by atoms with Crippen LogP contribution < -0.4 is 0 Å². The Labute approximate surface area is 93.2 Å². The van der Waals surface area contributed by atoms with Crippen LogP contribution in [0.25, 0.3) is 0 Å². The number of ether oxygens (including phenoxy) is 1. The van der Waals surface area contributed by atoms with Gasteiger partial charge in [0.1, 0.15) is 0 Å². The number of esters is 2. The van der Waals surface area contributed by atoms with Gasteiger partial charge in [-0.2, -0.15) is 0 Å². The van der Waals surface area contributed by atoms with Crippen LogP contribution in [-0.4, -0.2) is 28.1 Å². The van der Waals surface area contributed by atoms with Gasteiger partial charge >= 0.3 is 11.9 Å². The van der Waals surface area contributed by atoms with E-state index in [2.05, 4.69) is 39.3 Å². The lowest BCUT2D eigenvalue weighted by Crippen LogP contribution is -2.42. The molecule has 1 saturated heterocycles. The van der Waals surface area contributed by atoms with E-state index in [4.69, 9.17) is 4.74 Å². The highest BCUT2D eigenvalue weighted by atomic mass is 28.3. The molecule has 15 heavy (non-hydrogen) atoms. The first kappa shape index (κ1) is 12.6. The first-order valence-electron chi connectivity index (χ1n) is 5.30. The fourth-order valence-electron chi connectivity index (χ4n) is 2.21. The molecule has 1 aliphatic heterocycles. The van der Waals surface area contributed by atoms with Gasteiger partial charge < -0.3 is 4.74 Å². The average Bonchev–Trinajstić information content (AvgIpc) is 2.22. The van der Waals surface area contributed by atoms with Crippen LogP contribution in [0.15, 0.2) is 0 Å². The maximum Gasteiger partial charge on any atom is 0.314 e. The molecule has 0 aromatic heterocycles. The zero-order chi connectivity index (χ0) is 12.0. The van der Waals surface area contributed by atoms with Gasteiger partial charge in [0.25, 0.3) is 0 Å². The van der Waals surface area contributed by atoms with Crippen LogP contribution in [0.2, 0.25) is 50.4 Å². The first-order chi connectivity index (χ1) is 6.55. The van der Waals surface area contributed by atoms with Gasteiger partial charge in [-0.05, 0) is 0 Å². The second-order valence-corrected chi connectivity index (χ2v) is 17.1. The lowest BCUT2D eigenvalue weighted by atomic mass is 10.3. The van der Waals surface area contributed by atoms with E-state index in [0.717, 1.165) is 0 Å². The third-order valence-electron chi connectivity index (χ3n) is 2.91. The van der Waals surface area contributed by atoms with E-state index >= 15 is 0 Å². The van der Waals surface area contributed by atoms with E-state index in [-0.39, 0.29) is 23.0 Å².